The van der Waals surface area contributed by atoms with E-state index in [9.17, 15) is 14.3 Å². The van der Waals surface area contributed by atoms with Gasteiger partial charge in [-0.2, -0.15) is 0 Å². The Morgan fingerprint density at radius 3 is 2.79 bits per heavy atom. The molecule has 1 aromatic carbocycles. The zero-order valence-electron chi connectivity index (χ0n) is 11.5. The summed E-state index contributed by atoms with van der Waals surface area (Å²) in [6.45, 7) is 4.29. The number of aliphatic hydroxyl groups excluding tert-OH is 1. The average Bonchev–Trinajstić information content (AvgIpc) is 2.33. The molecule has 2 N–H and O–H groups in total. The average molecular weight is 267 g/mol. The van der Waals surface area contributed by atoms with Crippen LogP contribution in [-0.2, 0) is 11.2 Å². The quantitative estimate of drug-likeness (QED) is 0.796. The Bertz CT molecular complexity index is 407. The zero-order chi connectivity index (χ0) is 14.3. The van der Waals surface area contributed by atoms with Crippen molar-refractivity contribution in [3.8, 4) is 0 Å². The van der Waals surface area contributed by atoms with Crippen molar-refractivity contribution in [3.05, 3.63) is 35.6 Å². The highest BCUT2D eigenvalue weighted by atomic mass is 19.1. The molecule has 0 saturated carbocycles. The minimum atomic E-state index is -0.348. The van der Waals surface area contributed by atoms with Crippen LogP contribution in [0.15, 0.2) is 24.3 Å². The molecular formula is C15H22FNO2. The number of aryl methyl sites for hydroxylation is 1. The van der Waals surface area contributed by atoms with Crippen molar-refractivity contribution in [2.45, 2.75) is 39.2 Å². The Kier molecular flexibility index (Phi) is 6.50. The molecule has 1 aromatic rings. The van der Waals surface area contributed by atoms with E-state index in [-0.39, 0.29) is 23.7 Å². The summed E-state index contributed by atoms with van der Waals surface area (Å²) < 4.78 is 12.9. The summed E-state index contributed by atoms with van der Waals surface area (Å²) in [4.78, 5) is 11.6. The molecule has 4 heteroatoms. The highest BCUT2D eigenvalue weighted by Crippen LogP contribution is 2.07. The second kappa shape index (κ2) is 7.89. The van der Waals surface area contributed by atoms with Gasteiger partial charge in [-0.15, -0.1) is 0 Å². The second-order valence-corrected chi connectivity index (χ2v) is 5.12. The largest absolute Gasteiger partial charge is 0.393 e. The topological polar surface area (TPSA) is 49.3 Å². The van der Waals surface area contributed by atoms with Crippen molar-refractivity contribution in [1.29, 1.82) is 0 Å². The molecule has 2 unspecified atom stereocenters. The third-order valence-electron chi connectivity index (χ3n) is 2.92. The van der Waals surface area contributed by atoms with E-state index in [0.29, 0.717) is 25.8 Å². The highest BCUT2D eigenvalue weighted by Gasteiger charge is 2.08. The van der Waals surface area contributed by atoms with E-state index in [2.05, 4.69) is 5.32 Å². The maximum atomic E-state index is 12.9. The molecule has 0 fully saturated rings. The maximum Gasteiger partial charge on any atom is 0.220 e. The normalized spacial score (nSPS) is 13.9. The lowest BCUT2D eigenvalue weighted by Crippen LogP contribution is -2.29. The first-order chi connectivity index (χ1) is 8.97. The van der Waals surface area contributed by atoms with Crippen LogP contribution in [0.1, 0.15) is 32.3 Å². The van der Waals surface area contributed by atoms with Crippen molar-refractivity contribution in [2.24, 2.45) is 5.92 Å². The van der Waals surface area contributed by atoms with Gasteiger partial charge in [0.2, 0.25) is 5.91 Å². The van der Waals surface area contributed by atoms with E-state index in [1.54, 1.807) is 13.0 Å². The number of amides is 1. The van der Waals surface area contributed by atoms with Gasteiger partial charge in [0.25, 0.3) is 0 Å². The predicted octanol–water partition coefficient (Wildman–Crippen LogP) is 2.28. The molecule has 0 spiro atoms. The molecule has 0 aromatic heterocycles. The Balaban J connectivity index is 2.25. The molecule has 1 rings (SSSR count). The summed E-state index contributed by atoms with van der Waals surface area (Å²) in [5.74, 6) is -0.0664. The minimum Gasteiger partial charge on any atom is -0.393 e. The molecule has 19 heavy (non-hydrogen) atoms. The van der Waals surface area contributed by atoms with Crippen molar-refractivity contribution < 1.29 is 14.3 Å². The first-order valence-corrected chi connectivity index (χ1v) is 6.66. The van der Waals surface area contributed by atoms with E-state index in [4.69, 9.17) is 0 Å². The molecule has 0 aliphatic carbocycles. The number of hydrogen-bond donors (Lipinski definition) is 2. The summed E-state index contributed by atoms with van der Waals surface area (Å²) in [5.41, 5.74) is 0.826. The van der Waals surface area contributed by atoms with E-state index < -0.39 is 0 Å². The zero-order valence-corrected chi connectivity index (χ0v) is 11.5. The first-order valence-electron chi connectivity index (χ1n) is 6.66. The Morgan fingerprint density at radius 1 is 1.42 bits per heavy atom. The fourth-order valence-electron chi connectivity index (χ4n) is 1.99. The first kappa shape index (κ1) is 15.6. The van der Waals surface area contributed by atoms with Gasteiger partial charge >= 0.3 is 0 Å². The summed E-state index contributed by atoms with van der Waals surface area (Å²) in [6, 6.07) is 6.30. The van der Waals surface area contributed by atoms with Gasteiger partial charge in [0.05, 0.1) is 6.10 Å². The molecule has 0 aliphatic rings. The number of benzene rings is 1. The van der Waals surface area contributed by atoms with Gasteiger partial charge in [0, 0.05) is 13.0 Å². The van der Waals surface area contributed by atoms with Crippen molar-refractivity contribution in [1.82, 2.24) is 5.32 Å². The molecular weight excluding hydrogens is 245 g/mol. The van der Waals surface area contributed by atoms with E-state index in [1.165, 1.54) is 12.1 Å². The fraction of sp³-hybridized carbons (Fsp3) is 0.533. The minimum absolute atomic E-state index is 0.0401. The van der Waals surface area contributed by atoms with Gasteiger partial charge in [0.1, 0.15) is 5.82 Å². The van der Waals surface area contributed by atoms with Crippen LogP contribution in [-0.4, -0.2) is 23.7 Å². The van der Waals surface area contributed by atoms with Crippen molar-refractivity contribution >= 4 is 5.91 Å². The third-order valence-corrected chi connectivity index (χ3v) is 2.92. The van der Waals surface area contributed by atoms with Gasteiger partial charge in [-0.25, -0.2) is 4.39 Å². The van der Waals surface area contributed by atoms with Crippen LogP contribution in [0.2, 0.25) is 0 Å². The number of halogens is 1. The fourth-order valence-corrected chi connectivity index (χ4v) is 1.99. The monoisotopic (exact) mass is 267 g/mol. The van der Waals surface area contributed by atoms with Crippen LogP contribution >= 0.6 is 0 Å². The SMILES string of the molecule is CC(O)CC(C)CNC(=O)CCc1cccc(F)c1. The maximum absolute atomic E-state index is 12.9. The van der Waals surface area contributed by atoms with Gasteiger partial charge in [-0.05, 0) is 43.4 Å². The molecule has 0 radical (unpaired) electrons. The molecule has 2 atom stereocenters. The number of carbonyl (C=O) groups excluding carboxylic acids is 1. The number of rotatable bonds is 7. The summed E-state index contributed by atoms with van der Waals surface area (Å²) in [5, 5.41) is 12.0. The van der Waals surface area contributed by atoms with Crippen LogP contribution < -0.4 is 5.32 Å². The lowest BCUT2D eigenvalue weighted by molar-refractivity contribution is -0.121. The Labute approximate surface area is 113 Å². The molecule has 0 bridgehead atoms. The van der Waals surface area contributed by atoms with Crippen molar-refractivity contribution in [2.75, 3.05) is 6.54 Å². The summed E-state index contributed by atoms with van der Waals surface area (Å²) in [7, 11) is 0. The molecule has 0 saturated heterocycles. The van der Waals surface area contributed by atoms with Crippen LogP contribution in [0.3, 0.4) is 0 Å². The lowest BCUT2D eigenvalue weighted by Gasteiger charge is -2.14. The highest BCUT2D eigenvalue weighted by molar-refractivity contribution is 5.76. The number of nitrogens with one attached hydrogen (secondary N) is 1. The number of carbonyl (C=O) groups is 1. The van der Waals surface area contributed by atoms with Gasteiger partial charge in [0.15, 0.2) is 0 Å². The van der Waals surface area contributed by atoms with Gasteiger partial charge in [-0.3, -0.25) is 4.79 Å². The second-order valence-electron chi connectivity index (χ2n) is 5.12. The summed E-state index contributed by atoms with van der Waals surface area (Å²) in [6.07, 6.45) is 1.21. The van der Waals surface area contributed by atoms with Gasteiger partial charge < -0.3 is 10.4 Å². The predicted molar refractivity (Wildman–Crippen MR) is 73.2 cm³/mol. The Hall–Kier alpha value is -1.42. The van der Waals surface area contributed by atoms with Crippen LogP contribution in [0.5, 0.6) is 0 Å². The molecule has 0 heterocycles. The molecule has 3 nitrogen and oxygen atoms in total. The number of hydrogen-bond acceptors (Lipinski definition) is 2. The van der Waals surface area contributed by atoms with Gasteiger partial charge in [-0.1, -0.05) is 19.1 Å². The van der Waals surface area contributed by atoms with E-state index in [1.807, 2.05) is 13.0 Å². The molecule has 0 aliphatic heterocycles. The van der Waals surface area contributed by atoms with Crippen LogP contribution in [0, 0.1) is 11.7 Å². The Morgan fingerprint density at radius 2 is 2.16 bits per heavy atom. The number of aliphatic hydroxyl groups is 1. The molecule has 106 valence electrons. The third kappa shape index (κ3) is 6.91. The standard InChI is InChI=1S/C15H22FNO2/c1-11(8-12(2)18)10-17-15(19)7-6-13-4-3-5-14(16)9-13/h3-5,9,11-12,18H,6-8,10H2,1-2H3,(H,17,19). The lowest BCUT2D eigenvalue weighted by atomic mass is 10.0. The smallest absolute Gasteiger partial charge is 0.220 e. The summed E-state index contributed by atoms with van der Waals surface area (Å²) >= 11 is 0. The molecule has 1 amide bonds. The van der Waals surface area contributed by atoms with Crippen LogP contribution in [0.4, 0.5) is 4.39 Å². The van der Waals surface area contributed by atoms with Crippen LogP contribution in [0.25, 0.3) is 0 Å². The van der Waals surface area contributed by atoms with E-state index >= 15 is 0 Å². The van der Waals surface area contributed by atoms with Crippen molar-refractivity contribution in [3.63, 3.8) is 0 Å². The van der Waals surface area contributed by atoms with E-state index in [0.717, 1.165) is 5.56 Å².